The van der Waals surface area contributed by atoms with Gasteiger partial charge in [-0.25, -0.2) is 4.68 Å². The Bertz CT molecular complexity index is 653. The second-order valence-corrected chi connectivity index (χ2v) is 7.14. The summed E-state index contributed by atoms with van der Waals surface area (Å²) in [6.07, 6.45) is 3.51. The van der Waals surface area contributed by atoms with Crippen molar-refractivity contribution in [3.8, 4) is 5.69 Å². The number of halogens is 1. The molecule has 0 atom stereocenters. The zero-order chi connectivity index (χ0) is 15.0. The normalized spacial score (nSPS) is 15.2. The number of benzene rings is 1. The Morgan fingerprint density at radius 2 is 2.05 bits per heavy atom. The molecule has 0 amide bonds. The zero-order valence-electron chi connectivity index (χ0n) is 12.9. The van der Waals surface area contributed by atoms with E-state index < -0.39 is 0 Å². The number of nitrogens with zero attached hydrogens (tertiary/aromatic N) is 2. The van der Waals surface area contributed by atoms with E-state index in [-0.39, 0.29) is 5.41 Å². The number of fused-ring (bicyclic) bond motifs is 1. The number of rotatable bonds is 1. The summed E-state index contributed by atoms with van der Waals surface area (Å²) in [4.78, 5) is 0. The van der Waals surface area contributed by atoms with Crippen molar-refractivity contribution in [2.75, 3.05) is 11.9 Å². The molecule has 0 saturated heterocycles. The maximum absolute atomic E-state index is 6.15. The van der Waals surface area contributed by atoms with Gasteiger partial charge in [-0.3, -0.25) is 0 Å². The van der Waals surface area contributed by atoms with Crippen LogP contribution in [0.5, 0.6) is 0 Å². The fourth-order valence-corrected chi connectivity index (χ4v) is 3.08. The minimum Gasteiger partial charge on any atom is -0.370 e. The van der Waals surface area contributed by atoms with E-state index in [1.54, 1.807) is 0 Å². The van der Waals surface area contributed by atoms with Crippen molar-refractivity contribution in [1.29, 1.82) is 0 Å². The maximum atomic E-state index is 6.15. The highest BCUT2D eigenvalue weighted by molar-refractivity contribution is 6.30. The second-order valence-electron chi connectivity index (χ2n) is 6.70. The summed E-state index contributed by atoms with van der Waals surface area (Å²) < 4.78 is 2.02. The molecule has 1 aliphatic heterocycles. The average molecular weight is 304 g/mol. The first-order valence-electron chi connectivity index (χ1n) is 7.59. The molecule has 4 heteroatoms. The van der Waals surface area contributed by atoms with Crippen LogP contribution in [0.3, 0.4) is 0 Å². The van der Waals surface area contributed by atoms with Crippen molar-refractivity contribution < 1.29 is 0 Å². The first-order chi connectivity index (χ1) is 9.97. The van der Waals surface area contributed by atoms with Crippen LogP contribution in [0.15, 0.2) is 24.3 Å². The van der Waals surface area contributed by atoms with Crippen LogP contribution in [0, 0.1) is 0 Å². The van der Waals surface area contributed by atoms with Gasteiger partial charge in [-0.05, 0) is 37.5 Å². The van der Waals surface area contributed by atoms with Gasteiger partial charge in [0.25, 0.3) is 0 Å². The van der Waals surface area contributed by atoms with Crippen LogP contribution >= 0.6 is 11.6 Å². The smallest absolute Gasteiger partial charge is 0.133 e. The summed E-state index contributed by atoms with van der Waals surface area (Å²) in [6.45, 7) is 7.68. The molecule has 0 aliphatic carbocycles. The van der Waals surface area contributed by atoms with Gasteiger partial charge in [0, 0.05) is 22.5 Å². The molecule has 0 spiro atoms. The molecule has 3 nitrogen and oxygen atoms in total. The third kappa shape index (κ3) is 2.80. The van der Waals surface area contributed by atoms with Crippen LogP contribution in [0.4, 0.5) is 5.82 Å². The van der Waals surface area contributed by atoms with Crippen LogP contribution < -0.4 is 5.32 Å². The maximum Gasteiger partial charge on any atom is 0.133 e. The van der Waals surface area contributed by atoms with Crippen LogP contribution in [-0.4, -0.2) is 16.3 Å². The number of nitrogens with one attached hydrogen (secondary N) is 1. The lowest BCUT2D eigenvalue weighted by Crippen LogP contribution is -2.15. The van der Waals surface area contributed by atoms with Gasteiger partial charge in [-0.15, -0.1) is 0 Å². The highest BCUT2D eigenvalue weighted by Crippen LogP contribution is 2.34. The first-order valence-corrected chi connectivity index (χ1v) is 7.97. The predicted octanol–water partition coefficient (Wildman–Crippen LogP) is 4.57. The van der Waals surface area contributed by atoms with Crippen LogP contribution in [0.2, 0.25) is 5.02 Å². The minimum absolute atomic E-state index is 0.0416. The Morgan fingerprint density at radius 3 is 2.76 bits per heavy atom. The summed E-state index contributed by atoms with van der Waals surface area (Å²) in [7, 11) is 0. The van der Waals surface area contributed by atoms with Gasteiger partial charge < -0.3 is 5.32 Å². The first kappa shape index (κ1) is 14.5. The summed E-state index contributed by atoms with van der Waals surface area (Å²) in [5.41, 5.74) is 3.61. The molecule has 0 fully saturated rings. The number of hydrogen-bond donors (Lipinski definition) is 1. The van der Waals surface area contributed by atoms with E-state index in [4.69, 9.17) is 16.7 Å². The molecular formula is C17H22ClN3. The van der Waals surface area contributed by atoms with E-state index in [0.29, 0.717) is 0 Å². The molecule has 1 aromatic carbocycles. The van der Waals surface area contributed by atoms with Gasteiger partial charge in [0.15, 0.2) is 0 Å². The molecule has 112 valence electrons. The van der Waals surface area contributed by atoms with Crippen molar-refractivity contribution in [3.63, 3.8) is 0 Å². The van der Waals surface area contributed by atoms with E-state index in [9.17, 15) is 0 Å². The summed E-state index contributed by atoms with van der Waals surface area (Å²) in [5, 5.41) is 9.21. The van der Waals surface area contributed by atoms with Crippen molar-refractivity contribution in [2.45, 2.75) is 45.4 Å². The molecule has 21 heavy (non-hydrogen) atoms. The standard InChI is InChI=1S/C17H22ClN3/c1-17(2,3)15-14-9-4-5-10-19-16(14)21(20-15)13-8-6-7-12(18)11-13/h6-8,11,19H,4-5,9-10H2,1-3H3. The third-order valence-corrected chi connectivity index (χ3v) is 4.13. The molecule has 1 N–H and O–H groups in total. The Balaban J connectivity index is 2.19. The zero-order valence-corrected chi connectivity index (χ0v) is 13.7. The van der Waals surface area contributed by atoms with Gasteiger partial charge in [0.05, 0.1) is 11.4 Å². The molecule has 0 unspecified atom stereocenters. The fraction of sp³-hybridized carbons (Fsp3) is 0.471. The summed E-state index contributed by atoms with van der Waals surface area (Å²) in [5.74, 6) is 1.14. The minimum atomic E-state index is 0.0416. The van der Waals surface area contributed by atoms with E-state index in [1.807, 2.05) is 22.9 Å². The third-order valence-electron chi connectivity index (χ3n) is 3.89. The Hall–Kier alpha value is -1.48. The van der Waals surface area contributed by atoms with E-state index in [1.165, 1.54) is 24.1 Å². The largest absolute Gasteiger partial charge is 0.370 e. The molecular weight excluding hydrogens is 282 g/mol. The van der Waals surface area contributed by atoms with E-state index in [0.717, 1.165) is 29.5 Å². The van der Waals surface area contributed by atoms with Crippen LogP contribution in [-0.2, 0) is 11.8 Å². The average Bonchev–Trinajstić information content (AvgIpc) is 2.62. The predicted molar refractivity (Wildman–Crippen MR) is 88.7 cm³/mol. The van der Waals surface area contributed by atoms with Crippen molar-refractivity contribution in [2.24, 2.45) is 0 Å². The summed E-state index contributed by atoms with van der Waals surface area (Å²) in [6, 6.07) is 7.89. The highest BCUT2D eigenvalue weighted by Gasteiger charge is 2.27. The molecule has 0 radical (unpaired) electrons. The van der Waals surface area contributed by atoms with Gasteiger partial charge in [0.1, 0.15) is 5.82 Å². The van der Waals surface area contributed by atoms with Gasteiger partial charge in [-0.2, -0.15) is 5.10 Å². The number of anilines is 1. The Morgan fingerprint density at radius 1 is 1.24 bits per heavy atom. The van der Waals surface area contributed by atoms with Crippen LogP contribution in [0.25, 0.3) is 5.69 Å². The molecule has 2 aromatic rings. The fourth-order valence-electron chi connectivity index (χ4n) is 2.90. The monoisotopic (exact) mass is 303 g/mol. The van der Waals surface area contributed by atoms with Gasteiger partial charge in [0.2, 0.25) is 0 Å². The van der Waals surface area contributed by atoms with Crippen LogP contribution in [0.1, 0.15) is 44.9 Å². The Kier molecular flexibility index (Phi) is 3.70. The Labute approximate surface area is 131 Å². The van der Waals surface area contributed by atoms with Gasteiger partial charge >= 0.3 is 0 Å². The highest BCUT2D eigenvalue weighted by atomic mass is 35.5. The van der Waals surface area contributed by atoms with Crippen molar-refractivity contribution in [3.05, 3.63) is 40.5 Å². The second kappa shape index (κ2) is 5.38. The molecule has 3 rings (SSSR count). The molecule has 1 aliphatic rings. The molecule has 1 aromatic heterocycles. The van der Waals surface area contributed by atoms with E-state index >= 15 is 0 Å². The lowest BCUT2D eigenvalue weighted by molar-refractivity contribution is 0.552. The summed E-state index contributed by atoms with van der Waals surface area (Å²) >= 11 is 6.15. The topological polar surface area (TPSA) is 29.9 Å². The lowest BCUT2D eigenvalue weighted by atomic mass is 9.88. The van der Waals surface area contributed by atoms with E-state index in [2.05, 4.69) is 32.2 Å². The SMILES string of the molecule is CC(C)(C)c1nn(-c2cccc(Cl)c2)c2c1CCCCN2. The number of hydrogen-bond acceptors (Lipinski definition) is 2. The van der Waals surface area contributed by atoms with Crippen molar-refractivity contribution >= 4 is 17.4 Å². The quantitative estimate of drug-likeness (QED) is 0.836. The lowest BCUT2D eigenvalue weighted by Gasteiger charge is -2.17. The number of aromatic nitrogens is 2. The molecule has 0 saturated carbocycles. The van der Waals surface area contributed by atoms with Gasteiger partial charge in [-0.1, -0.05) is 38.4 Å². The molecule has 0 bridgehead atoms. The molecule has 2 heterocycles. The van der Waals surface area contributed by atoms with Crippen molar-refractivity contribution in [1.82, 2.24) is 9.78 Å².